The van der Waals surface area contributed by atoms with Crippen LogP contribution in [0.25, 0.3) is 27.5 Å². The van der Waals surface area contributed by atoms with Crippen LogP contribution in [0.2, 0.25) is 0 Å². The summed E-state index contributed by atoms with van der Waals surface area (Å²) in [5.41, 5.74) is 6.88. The third kappa shape index (κ3) is 2.96. The molecule has 1 aliphatic carbocycles. The van der Waals surface area contributed by atoms with Gasteiger partial charge in [0, 0.05) is 27.8 Å². The molecule has 5 nitrogen and oxygen atoms in total. The first-order valence-electron chi connectivity index (χ1n) is 10.8. The summed E-state index contributed by atoms with van der Waals surface area (Å²) in [5.74, 6) is -0.811. The fourth-order valence-electron chi connectivity index (χ4n) is 5.06. The SMILES string of the molecule is Cc1cc(-n2c(C(C)C)c(C3CC(C(=O)O)C3)c3cc4n[nH]c(C)c4cc32)ccc1F. The maximum Gasteiger partial charge on any atom is 0.306 e. The summed E-state index contributed by atoms with van der Waals surface area (Å²) in [6.45, 7) is 8.11. The van der Waals surface area contributed by atoms with Crippen molar-refractivity contribution in [2.45, 2.75) is 52.4 Å². The second-order valence-electron chi connectivity index (χ2n) is 9.16. The number of H-pyrrole nitrogens is 1. The number of hydrogen-bond donors (Lipinski definition) is 2. The molecule has 31 heavy (non-hydrogen) atoms. The van der Waals surface area contributed by atoms with E-state index in [0.29, 0.717) is 18.4 Å². The van der Waals surface area contributed by atoms with Crippen LogP contribution in [0.1, 0.15) is 61.0 Å². The van der Waals surface area contributed by atoms with E-state index >= 15 is 0 Å². The average molecular weight is 420 g/mol. The summed E-state index contributed by atoms with van der Waals surface area (Å²) in [4.78, 5) is 11.5. The zero-order valence-corrected chi connectivity index (χ0v) is 18.2. The van der Waals surface area contributed by atoms with Crippen LogP contribution in [0.3, 0.4) is 0 Å². The molecule has 0 bridgehead atoms. The molecule has 4 aromatic rings. The van der Waals surface area contributed by atoms with E-state index in [1.165, 1.54) is 17.3 Å². The number of benzene rings is 2. The number of aryl methyl sites for hydroxylation is 2. The standard InChI is InChI=1S/C25H26FN3O2/c1-12(2)24-23(15-8-16(9-15)25(30)31)19-10-21-18(14(4)27-28-21)11-22(19)29(24)17-5-6-20(26)13(3)7-17/h5-7,10-12,15-16H,8-9H2,1-4H3,(H,27,28)(H,30,31). The Labute approximate surface area is 179 Å². The lowest BCUT2D eigenvalue weighted by atomic mass is 9.70. The number of nitrogens with one attached hydrogen (secondary N) is 1. The minimum atomic E-state index is -0.717. The molecule has 1 aliphatic rings. The number of carboxylic acids is 1. The van der Waals surface area contributed by atoms with Crippen molar-refractivity contribution in [2.75, 3.05) is 0 Å². The highest BCUT2D eigenvalue weighted by Gasteiger charge is 2.39. The molecule has 5 rings (SSSR count). The quantitative estimate of drug-likeness (QED) is 0.428. The molecule has 160 valence electrons. The van der Waals surface area contributed by atoms with Crippen molar-refractivity contribution in [1.82, 2.24) is 14.8 Å². The van der Waals surface area contributed by atoms with Gasteiger partial charge in [-0.3, -0.25) is 9.89 Å². The van der Waals surface area contributed by atoms with E-state index < -0.39 is 5.97 Å². The minimum Gasteiger partial charge on any atom is -0.481 e. The van der Waals surface area contributed by atoms with Crippen molar-refractivity contribution in [3.05, 3.63) is 58.7 Å². The second-order valence-corrected chi connectivity index (χ2v) is 9.16. The summed E-state index contributed by atoms with van der Waals surface area (Å²) in [6, 6.07) is 9.51. The number of aromatic nitrogens is 3. The first kappa shape index (κ1) is 19.8. The van der Waals surface area contributed by atoms with Gasteiger partial charge >= 0.3 is 5.97 Å². The van der Waals surface area contributed by atoms with E-state index in [4.69, 9.17) is 0 Å². The lowest BCUT2D eigenvalue weighted by Crippen LogP contribution is -2.29. The van der Waals surface area contributed by atoms with Crippen LogP contribution in [-0.2, 0) is 4.79 Å². The third-order valence-electron chi connectivity index (χ3n) is 6.75. The fraction of sp³-hybridized carbons (Fsp3) is 0.360. The Kier molecular flexibility index (Phi) is 4.43. The normalized spacial score (nSPS) is 18.8. The van der Waals surface area contributed by atoms with Crippen molar-refractivity contribution in [1.29, 1.82) is 0 Å². The lowest BCUT2D eigenvalue weighted by Gasteiger charge is -2.34. The van der Waals surface area contributed by atoms with Gasteiger partial charge in [-0.15, -0.1) is 0 Å². The molecule has 0 amide bonds. The number of hydrogen-bond acceptors (Lipinski definition) is 2. The predicted octanol–water partition coefficient (Wildman–Crippen LogP) is 5.96. The predicted molar refractivity (Wildman–Crippen MR) is 120 cm³/mol. The van der Waals surface area contributed by atoms with Crippen molar-refractivity contribution < 1.29 is 14.3 Å². The van der Waals surface area contributed by atoms with Gasteiger partial charge in [0.15, 0.2) is 0 Å². The molecule has 6 heteroatoms. The van der Waals surface area contributed by atoms with Crippen LogP contribution in [0.15, 0.2) is 30.3 Å². The van der Waals surface area contributed by atoms with Gasteiger partial charge in [0.25, 0.3) is 0 Å². The van der Waals surface area contributed by atoms with Crippen LogP contribution in [-0.4, -0.2) is 25.8 Å². The number of aliphatic carboxylic acids is 1. The first-order chi connectivity index (χ1) is 14.8. The number of fused-ring (bicyclic) bond motifs is 2. The molecule has 1 fully saturated rings. The number of aromatic amines is 1. The summed E-state index contributed by atoms with van der Waals surface area (Å²) >= 11 is 0. The number of carbonyl (C=O) groups is 1. The summed E-state index contributed by atoms with van der Waals surface area (Å²) in [6.07, 6.45) is 1.29. The summed E-state index contributed by atoms with van der Waals surface area (Å²) in [7, 11) is 0. The van der Waals surface area contributed by atoms with Gasteiger partial charge in [0.1, 0.15) is 5.82 Å². The minimum absolute atomic E-state index is 0.196. The van der Waals surface area contributed by atoms with E-state index in [-0.39, 0.29) is 23.6 Å². The van der Waals surface area contributed by atoms with Gasteiger partial charge in [-0.1, -0.05) is 13.8 Å². The molecular weight excluding hydrogens is 393 g/mol. The largest absolute Gasteiger partial charge is 0.481 e. The number of halogens is 1. The highest BCUT2D eigenvalue weighted by atomic mass is 19.1. The summed E-state index contributed by atoms with van der Waals surface area (Å²) < 4.78 is 16.3. The molecule has 2 aromatic carbocycles. The molecule has 0 radical (unpaired) electrons. The van der Waals surface area contributed by atoms with Crippen LogP contribution in [0, 0.1) is 25.6 Å². The molecule has 0 spiro atoms. The van der Waals surface area contributed by atoms with Gasteiger partial charge < -0.3 is 9.67 Å². The van der Waals surface area contributed by atoms with Gasteiger partial charge in [0.2, 0.25) is 0 Å². The van der Waals surface area contributed by atoms with Crippen LogP contribution in [0.4, 0.5) is 4.39 Å². The molecule has 0 unspecified atom stereocenters. The van der Waals surface area contributed by atoms with E-state index in [0.717, 1.165) is 33.2 Å². The fourth-order valence-corrected chi connectivity index (χ4v) is 5.06. The Morgan fingerprint density at radius 2 is 1.94 bits per heavy atom. The Balaban J connectivity index is 1.84. The third-order valence-corrected chi connectivity index (χ3v) is 6.75. The van der Waals surface area contributed by atoms with Crippen LogP contribution in [0.5, 0.6) is 0 Å². The highest BCUT2D eigenvalue weighted by Crippen LogP contribution is 2.49. The molecule has 1 saturated carbocycles. The zero-order chi connectivity index (χ0) is 22.0. The number of rotatable bonds is 4. The van der Waals surface area contributed by atoms with E-state index in [1.54, 1.807) is 6.92 Å². The maximum absolute atomic E-state index is 14.0. The average Bonchev–Trinajstić information content (AvgIpc) is 3.19. The Hall–Kier alpha value is -3.15. The molecule has 2 heterocycles. The number of carboxylic acid groups (broad SMARTS) is 1. The first-order valence-corrected chi connectivity index (χ1v) is 10.8. The van der Waals surface area contributed by atoms with Crippen molar-refractivity contribution in [3.8, 4) is 5.69 Å². The van der Waals surface area contributed by atoms with E-state index in [9.17, 15) is 14.3 Å². The Bertz CT molecular complexity index is 1340. The maximum atomic E-state index is 14.0. The molecule has 0 saturated heterocycles. The van der Waals surface area contributed by atoms with Crippen LogP contribution >= 0.6 is 0 Å². The van der Waals surface area contributed by atoms with E-state index in [1.807, 2.05) is 19.1 Å². The van der Waals surface area contributed by atoms with Gasteiger partial charge in [-0.05, 0) is 80.0 Å². The van der Waals surface area contributed by atoms with Crippen molar-refractivity contribution >= 4 is 27.8 Å². The zero-order valence-electron chi connectivity index (χ0n) is 18.2. The molecular formula is C25H26FN3O2. The van der Waals surface area contributed by atoms with Crippen molar-refractivity contribution in [2.24, 2.45) is 5.92 Å². The second kappa shape index (κ2) is 6.94. The Morgan fingerprint density at radius 1 is 1.19 bits per heavy atom. The Morgan fingerprint density at radius 3 is 2.58 bits per heavy atom. The lowest BCUT2D eigenvalue weighted by molar-refractivity contribution is -0.145. The molecule has 0 atom stereocenters. The topological polar surface area (TPSA) is 70.9 Å². The van der Waals surface area contributed by atoms with Gasteiger partial charge in [-0.2, -0.15) is 5.10 Å². The monoisotopic (exact) mass is 419 g/mol. The molecule has 2 N–H and O–H groups in total. The number of nitrogens with zero attached hydrogens (tertiary/aromatic N) is 2. The highest BCUT2D eigenvalue weighted by molar-refractivity contribution is 6.00. The smallest absolute Gasteiger partial charge is 0.306 e. The molecule has 2 aromatic heterocycles. The van der Waals surface area contributed by atoms with Gasteiger partial charge in [-0.25, -0.2) is 4.39 Å². The molecule has 0 aliphatic heterocycles. The van der Waals surface area contributed by atoms with E-state index in [2.05, 4.69) is 40.7 Å². The van der Waals surface area contributed by atoms with Gasteiger partial charge in [0.05, 0.1) is 17.0 Å². The van der Waals surface area contributed by atoms with Crippen LogP contribution < -0.4 is 0 Å². The van der Waals surface area contributed by atoms with Crippen molar-refractivity contribution in [3.63, 3.8) is 0 Å². The summed E-state index contributed by atoms with van der Waals surface area (Å²) in [5, 5.41) is 19.1.